The topological polar surface area (TPSA) is 30.5 Å². The van der Waals surface area contributed by atoms with Crippen molar-refractivity contribution < 1.29 is 9.47 Å². The maximum Gasteiger partial charge on any atom is 0.123 e. The number of methoxy groups -OCH3 is 1. The Bertz CT molecular complexity index is 406. The van der Waals surface area contributed by atoms with E-state index in [1.807, 2.05) is 6.07 Å². The quantitative estimate of drug-likeness (QED) is 0.699. The number of benzene rings is 1. The molecule has 0 aliphatic carbocycles. The van der Waals surface area contributed by atoms with E-state index in [9.17, 15) is 0 Å². The molecule has 1 N–H and O–H groups in total. The Morgan fingerprint density at radius 3 is 2.57 bits per heavy atom. The molecule has 3 heteroatoms. The molecule has 1 rings (SSSR count). The Morgan fingerprint density at radius 2 is 1.95 bits per heavy atom. The summed E-state index contributed by atoms with van der Waals surface area (Å²) in [5.41, 5.74) is 2.44. The highest BCUT2D eigenvalue weighted by molar-refractivity contribution is 5.39. The summed E-state index contributed by atoms with van der Waals surface area (Å²) >= 11 is 0. The van der Waals surface area contributed by atoms with Gasteiger partial charge in [-0.05, 0) is 39.3 Å². The van der Waals surface area contributed by atoms with Crippen LogP contribution in [0.5, 0.6) is 5.75 Å². The first kappa shape index (κ1) is 18.0. The molecule has 0 aliphatic heterocycles. The van der Waals surface area contributed by atoms with Gasteiger partial charge in [0.25, 0.3) is 0 Å². The predicted molar refractivity (Wildman–Crippen MR) is 89.1 cm³/mol. The first-order chi connectivity index (χ1) is 10.1. The maximum absolute atomic E-state index is 6.02. The highest BCUT2D eigenvalue weighted by Gasteiger charge is 2.17. The summed E-state index contributed by atoms with van der Waals surface area (Å²) in [5, 5.41) is 3.58. The van der Waals surface area contributed by atoms with Crippen molar-refractivity contribution in [3.05, 3.63) is 29.3 Å². The van der Waals surface area contributed by atoms with Crippen LogP contribution >= 0.6 is 0 Å². The molecule has 1 aromatic rings. The van der Waals surface area contributed by atoms with Crippen molar-refractivity contribution in [2.45, 2.75) is 59.1 Å². The fourth-order valence-corrected chi connectivity index (χ4v) is 2.45. The van der Waals surface area contributed by atoms with Gasteiger partial charge in [-0.2, -0.15) is 0 Å². The largest absolute Gasteiger partial charge is 0.496 e. The van der Waals surface area contributed by atoms with Gasteiger partial charge in [0.15, 0.2) is 0 Å². The van der Waals surface area contributed by atoms with Crippen molar-refractivity contribution in [2.75, 3.05) is 20.3 Å². The van der Waals surface area contributed by atoms with Gasteiger partial charge in [-0.3, -0.25) is 0 Å². The summed E-state index contributed by atoms with van der Waals surface area (Å²) in [6, 6.07) is 6.50. The second-order valence-electron chi connectivity index (χ2n) is 5.68. The number of hydrogen-bond donors (Lipinski definition) is 1. The smallest absolute Gasteiger partial charge is 0.123 e. The molecule has 0 heterocycles. The normalized spacial score (nSPS) is 14.0. The molecular weight excluding hydrogens is 262 g/mol. The fourth-order valence-electron chi connectivity index (χ4n) is 2.45. The van der Waals surface area contributed by atoms with Crippen molar-refractivity contribution in [3.63, 3.8) is 0 Å². The SMILES string of the molecule is CCCNC(COC(C)CCC)c1cc(C)ccc1OC. The van der Waals surface area contributed by atoms with Crippen molar-refractivity contribution >= 4 is 0 Å². The second kappa shape index (κ2) is 9.80. The Balaban J connectivity index is 2.83. The second-order valence-corrected chi connectivity index (χ2v) is 5.68. The molecule has 0 spiro atoms. The Kier molecular flexibility index (Phi) is 8.40. The minimum atomic E-state index is 0.180. The van der Waals surface area contributed by atoms with Crippen LogP contribution in [0.25, 0.3) is 0 Å². The van der Waals surface area contributed by atoms with E-state index in [4.69, 9.17) is 9.47 Å². The molecule has 0 bridgehead atoms. The summed E-state index contributed by atoms with van der Waals surface area (Å²) in [6.07, 6.45) is 3.67. The molecule has 120 valence electrons. The zero-order chi connectivity index (χ0) is 15.7. The van der Waals surface area contributed by atoms with E-state index in [2.05, 4.69) is 45.1 Å². The molecule has 3 nitrogen and oxygen atoms in total. The van der Waals surface area contributed by atoms with E-state index in [1.165, 1.54) is 11.1 Å². The average Bonchev–Trinajstić information content (AvgIpc) is 2.47. The number of hydrogen-bond acceptors (Lipinski definition) is 3. The van der Waals surface area contributed by atoms with Gasteiger partial charge in [-0.15, -0.1) is 0 Å². The minimum absolute atomic E-state index is 0.180. The minimum Gasteiger partial charge on any atom is -0.496 e. The first-order valence-corrected chi connectivity index (χ1v) is 8.11. The van der Waals surface area contributed by atoms with Crippen LogP contribution < -0.4 is 10.1 Å². The fraction of sp³-hybridized carbons (Fsp3) is 0.667. The summed E-state index contributed by atoms with van der Waals surface area (Å²) in [4.78, 5) is 0. The highest BCUT2D eigenvalue weighted by Crippen LogP contribution is 2.27. The van der Waals surface area contributed by atoms with Crippen LogP contribution in [0.15, 0.2) is 18.2 Å². The summed E-state index contributed by atoms with van der Waals surface area (Å²) in [5.74, 6) is 0.931. The zero-order valence-corrected chi connectivity index (χ0v) is 14.2. The summed E-state index contributed by atoms with van der Waals surface area (Å²) in [6.45, 7) is 10.3. The molecule has 0 aromatic heterocycles. The Hall–Kier alpha value is -1.06. The van der Waals surface area contributed by atoms with Gasteiger partial charge in [0.1, 0.15) is 5.75 Å². The standard InChI is InChI=1S/C18H31NO2/c1-6-8-15(4)21-13-17(19-11-7-2)16-12-14(3)9-10-18(16)20-5/h9-10,12,15,17,19H,6-8,11,13H2,1-5H3. The third-order valence-corrected chi connectivity index (χ3v) is 3.64. The summed E-state index contributed by atoms with van der Waals surface area (Å²) in [7, 11) is 1.73. The maximum atomic E-state index is 6.02. The lowest BCUT2D eigenvalue weighted by Gasteiger charge is -2.23. The van der Waals surface area contributed by atoms with E-state index >= 15 is 0 Å². The van der Waals surface area contributed by atoms with Crippen molar-refractivity contribution in [2.24, 2.45) is 0 Å². The van der Waals surface area contributed by atoms with E-state index in [1.54, 1.807) is 7.11 Å². The number of rotatable bonds is 10. The number of ether oxygens (including phenoxy) is 2. The van der Waals surface area contributed by atoms with Gasteiger partial charge in [0.2, 0.25) is 0 Å². The molecule has 21 heavy (non-hydrogen) atoms. The molecular formula is C18H31NO2. The molecule has 0 amide bonds. The van der Waals surface area contributed by atoms with Gasteiger partial charge in [0, 0.05) is 5.56 Å². The number of nitrogens with one attached hydrogen (secondary N) is 1. The van der Waals surface area contributed by atoms with Gasteiger partial charge < -0.3 is 14.8 Å². The lowest BCUT2D eigenvalue weighted by atomic mass is 10.0. The molecule has 0 radical (unpaired) electrons. The summed E-state index contributed by atoms with van der Waals surface area (Å²) < 4.78 is 11.5. The van der Waals surface area contributed by atoms with E-state index in [0.717, 1.165) is 31.6 Å². The van der Waals surface area contributed by atoms with Crippen LogP contribution in [0.4, 0.5) is 0 Å². The Labute approximate surface area is 130 Å². The van der Waals surface area contributed by atoms with Crippen molar-refractivity contribution in [1.29, 1.82) is 0 Å². The van der Waals surface area contributed by atoms with E-state index in [0.29, 0.717) is 12.7 Å². The van der Waals surface area contributed by atoms with E-state index in [-0.39, 0.29) is 6.04 Å². The molecule has 2 atom stereocenters. The number of aryl methyl sites for hydroxylation is 1. The van der Waals surface area contributed by atoms with Gasteiger partial charge >= 0.3 is 0 Å². The lowest BCUT2D eigenvalue weighted by molar-refractivity contribution is 0.0436. The Morgan fingerprint density at radius 1 is 1.19 bits per heavy atom. The van der Waals surface area contributed by atoms with Crippen LogP contribution in [0.3, 0.4) is 0 Å². The van der Waals surface area contributed by atoms with Gasteiger partial charge in [-0.1, -0.05) is 38.0 Å². The highest BCUT2D eigenvalue weighted by atomic mass is 16.5. The molecule has 0 aliphatic rings. The molecule has 1 aromatic carbocycles. The van der Waals surface area contributed by atoms with Crippen LogP contribution in [0, 0.1) is 6.92 Å². The van der Waals surface area contributed by atoms with Gasteiger partial charge in [0.05, 0.1) is 25.9 Å². The van der Waals surface area contributed by atoms with Gasteiger partial charge in [-0.25, -0.2) is 0 Å². The lowest BCUT2D eigenvalue weighted by Crippen LogP contribution is -2.28. The molecule has 0 fully saturated rings. The molecule has 2 unspecified atom stereocenters. The third-order valence-electron chi connectivity index (χ3n) is 3.64. The molecule has 0 saturated carbocycles. The van der Waals surface area contributed by atoms with Crippen LogP contribution in [-0.2, 0) is 4.74 Å². The monoisotopic (exact) mass is 293 g/mol. The van der Waals surface area contributed by atoms with Crippen LogP contribution in [0.2, 0.25) is 0 Å². The van der Waals surface area contributed by atoms with Crippen molar-refractivity contribution in [3.8, 4) is 5.75 Å². The van der Waals surface area contributed by atoms with Crippen LogP contribution in [0.1, 0.15) is 57.2 Å². The molecule has 0 saturated heterocycles. The predicted octanol–water partition coefficient (Wildman–Crippen LogP) is 4.25. The zero-order valence-electron chi connectivity index (χ0n) is 14.2. The van der Waals surface area contributed by atoms with Crippen molar-refractivity contribution in [1.82, 2.24) is 5.32 Å². The van der Waals surface area contributed by atoms with Crippen LogP contribution in [-0.4, -0.2) is 26.4 Å². The first-order valence-electron chi connectivity index (χ1n) is 8.11. The average molecular weight is 293 g/mol. The van der Waals surface area contributed by atoms with E-state index < -0.39 is 0 Å². The third kappa shape index (κ3) is 6.06.